The molecule has 14 heavy (non-hydrogen) atoms. The van der Waals surface area contributed by atoms with Gasteiger partial charge in [0.05, 0.1) is 6.07 Å². The van der Waals surface area contributed by atoms with Crippen molar-refractivity contribution < 1.29 is 6.51 Å². The molecule has 0 aromatic rings. The second kappa shape index (κ2) is 0.325. The number of nitriles is 1. The van der Waals surface area contributed by atoms with Crippen molar-refractivity contribution >= 4 is 0 Å². The molecule has 10 rings (SSSR count). The van der Waals surface area contributed by atoms with Crippen LogP contribution in [0.15, 0.2) is 0 Å². The summed E-state index contributed by atoms with van der Waals surface area (Å²) in [6.07, 6.45) is 0. The molecule has 0 N–H and O–H groups in total. The van der Waals surface area contributed by atoms with Gasteiger partial charge in [0.15, 0.2) is 0 Å². The molecule has 0 unspecified atom stereocenters. The summed E-state index contributed by atoms with van der Waals surface area (Å²) in [5, 5.41) is 7.32. The van der Waals surface area contributed by atoms with E-state index in [0.717, 1.165) is 0 Å². The van der Waals surface area contributed by atoms with E-state index in [2.05, 4.69) is 0 Å². The van der Waals surface area contributed by atoms with Crippen LogP contribution in [0.1, 0.15) is 6.92 Å². The van der Waals surface area contributed by atoms with Gasteiger partial charge in [0, 0.05) is 6.92 Å². The number of nitrogens with zero attached hydrogens (tertiary/aromatic N) is 1. The van der Waals surface area contributed by atoms with Crippen molar-refractivity contribution in [2.75, 3.05) is 0 Å². The van der Waals surface area contributed by atoms with Gasteiger partial charge in [-0.25, -0.2) is 0 Å². The molecule has 1 nitrogen and oxygen atoms in total. The Labute approximate surface area is 73.1 Å². The second-order valence-electron chi connectivity index (χ2n) is 9.81. The molecule has 10 aliphatic heterocycles. The van der Waals surface area contributed by atoms with Crippen LogP contribution >= 0.6 is 0 Å². The summed E-state index contributed by atoms with van der Waals surface area (Å²) in [5.41, 5.74) is 0. The molecule has 10 heterocycles. The monoisotopic (exact) mass is 227 g/mol. The molecule has 0 atom stereocenters. The van der Waals surface area contributed by atoms with Crippen molar-refractivity contribution in [3.05, 3.63) is 0 Å². The fourth-order valence-electron chi connectivity index (χ4n) is 15.8. The van der Waals surface area contributed by atoms with Gasteiger partial charge in [-0.3, -0.25) is 0 Å². The first kappa shape index (κ1) is 4.89. The Morgan fingerprint density at radius 3 is 0.857 bits per heavy atom. The van der Waals surface area contributed by atoms with Gasteiger partial charge in [-0.05, 0) is 0 Å². The van der Waals surface area contributed by atoms with Gasteiger partial charge in [-0.15, -0.1) is 0 Å². The fourth-order valence-corrected chi connectivity index (χ4v) is 88.0. The van der Waals surface area contributed by atoms with E-state index >= 15 is 0 Å². The van der Waals surface area contributed by atoms with Crippen LogP contribution < -0.4 is 0 Å². The molecule has 0 bridgehead atoms. The van der Waals surface area contributed by atoms with E-state index in [-0.39, 0.29) is 0 Å². The molecule has 0 aromatic carbocycles. The Kier molecular flexibility index (Phi) is 0.114. The molecular formula is C12H13FeN. The normalized spacial score (nSPS) is 135. The van der Waals surface area contributed by atoms with Gasteiger partial charge in [0.25, 0.3) is 0 Å². The summed E-state index contributed by atoms with van der Waals surface area (Å²) < 4.78 is 0. The van der Waals surface area contributed by atoms with Gasteiger partial charge < -0.3 is 0 Å². The molecule has 10 aliphatic rings. The first-order valence-electron chi connectivity index (χ1n) is 6.10. The summed E-state index contributed by atoms with van der Waals surface area (Å²) in [6, 6.07) is 1.75. The molecule has 10 fully saturated rings. The number of hydrogen-bond donors (Lipinski definition) is 0. The topological polar surface area (TPSA) is 23.8 Å². The molecule has 74 valence electrons. The third-order valence-corrected chi connectivity index (χ3v) is 56.5. The Hall–Kier alpha value is 0.00948. The zero-order chi connectivity index (χ0) is 8.80. The molecule has 0 aromatic heterocycles. The zero-order valence-corrected chi connectivity index (χ0v) is 9.18. The Morgan fingerprint density at radius 2 is 0.857 bits per heavy atom. The molecule has 2 heteroatoms. The Morgan fingerprint density at radius 1 is 0.714 bits per heavy atom. The van der Waals surface area contributed by atoms with Crippen LogP contribution in [-0.4, -0.2) is 0 Å². The van der Waals surface area contributed by atoms with Gasteiger partial charge in [-0.2, -0.15) is 5.26 Å². The van der Waals surface area contributed by atoms with Crippen LogP contribution in [0.5, 0.6) is 0 Å². The van der Waals surface area contributed by atoms with Crippen LogP contribution in [0, 0.1) is 11.3 Å². The molecule has 1 spiro atoms. The maximum atomic E-state index is 7.32. The van der Waals surface area contributed by atoms with Crippen molar-refractivity contribution in [1.82, 2.24) is 0 Å². The van der Waals surface area contributed by atoms with Crippen LogP contribution in [0.25, 0.3) is 0 Å². The Bertz CT molecular complexity index is 661. The van der Waals surface area contributed by atoms with Crippen molar-refractivity contribution in [2.45, 2.75) is 55.1 Å². The third-order valence-electron chi connectivity index (χ3n) is 14.5. The standard InChI is InChI=1S/2C5H5.C2H3N.Fe/c2*1-2-4-5-3-1;1-2-3;/h2*1-5H;1H3;. The van der Waals surface area contributed by atoms with E-state index in [1.165, 1.54) is 6.92 Å². The second-order valence-corrected chi connectivity index (χ2v) is 33.7. The van der Waals surface area contributed by atoms with Gasteiger partial charge in [0.2, 0.25) is 0 Å². The van der Waals surface area contributed by atoms with Crippen LogP contribution in [0.2, 0.25) is 48.2 Å². The van der Waals surface area contributed by atoms with Crippen molar-refractivity contribution in [2.24, 2.45) is 0 Å². The number of rotatable bonds is 0. The van der Waals surface area contributed by atoms with Gasteiger partial charge in [0.1, 0.15) is 0 Å². The molecule has 0 radical (unpaired) electrons. The van der Waals surface area contributed by atoms with Crippen molar-refractivity contribution in [3.63, 3.8) is 0 Å². The minimum absolute atomic E-state index is 1.43. The predicted molar refractivity (Wildman–Crippen MR) is 48.8 cm³/mol. The van der Waals surface area contributed by atoms with Crippen molar-refractivity contribution in [1.29, 1.82) is 5.26 Å². The average molecular weight is 227 g/mol. The van der Waals surface area contributed by atoms with E-state index in [1.54, 1.807) is 54.2 Å². The van der Waals surface area contributed by atoms with Crippen LogP contribution in [-0.2, 0) is 6.51 Å². The third kappa shape index (κ3) is 0.0364. The van der Waals surface area contributed by atoms with Crippen LogP contribution in [0.3, 0.4) is 0 Å². The number of hydrogen-bond acceptors (Lipinski definition) is 1. The van der Waals surface area contributed by atoms with Gasteiger partial charge in [-0.1, -0.05) is 0 Å². The average Bonchev–Trinajstić information content (AvgIpc) is 3.15. The fraction of sp³-hybridized carbons (Fsp3) is 0.917. The molecular weight excluding hydrogens is 214 g/mol. The van der Waals surface area contributed by atoms with Gasteiger partial charge >= 0.3 is 54.7 Å². The summed E-state index contributed by atoms with van der Waals surface area (Å²) in [5.74, 6) is 0. The Balaban J connectivity index is 0.000000151. The molecule has 0 amide bonds. The van der Waals surface area contributed by atoms with E-state index < -0.39 is 6.51 Å². The summed E-state index contributed by atoms with van der Waals surface area (Å²) in [4.78, 5) is 15.9. The first-order valence-corrected chi connectivity index (χ1v) is 12.5. The van der Waals surface area contributed by atoms with Crippen LogP contribution in [0.4, 0.5) is 0 Å². The van der Waals surface area contributed by atoms with Crippen molar-refractivity contribution in [3.8, 4) is 6.07 Å². The molecule has 10 saturated heterocycles. The predicted octanol–water partition coefficient (Wildman–Crippen LogP) is 3.91. The van der Waals surface area contributed by atoms with E-state index in [9.17, 15) is 0 Å². The quantitative estimate of drug-likeness (QED) is 0.575. The van der Waals surface area contributed by atoms with E-state index in [0.29, 0.717) is 0 Å². The number of fused-ring (bicyclic) bond motifs is 10. The SMILES string of the molecule is CC#N.[CH]12[CH]3[CH]4[CH]5[CH]1[Fe]23451678[CH]2[CH]1[CH]6[CH]7[CH]28. The summed E-state index contributed by atoms with van der Waals surface area (Å²) in [6.45, 7) is -0.853. The molecule has 0 saturated carbocycles. The summed E-state index contributed by atoms with van der Waals surface area (Å²) in [7, 11) is 0. The molecule has 0 aliphatic carbocycles. The minimum atomic E-state index is -2.28. The van der Waals surface area contributed by atoms with E-state index in [4.69, 9.17) is 5.26 Å². The maximum absolute atomic E-state index is 7.32. The van der Waals surface area contributed by atoms with E-state index in [1.807, 2.05) is 0 Å². The zero-order valence-electron chi connectivity index (χ0n) is 8.07. The summed E-state index contributed by atoms with van der Waals surface area (Å²) >= 11 is 0. The first-order chi connectivity index (χ1) is 6.57.